The number of nitrogens with one attached hydrogen (secondary N) is 2. The highest BCUT2D eigenvalue weighted by molar-refractivity contribution is 7.80. The van der Waals surface area contributed by atoms with E-state index in [1.807, 2.05) is 6.07 Å². The molecule has 1 aromatic heterocycles. The van der Waals surface area contributed by atoms with Crippen molar-refractivity contribution in [1.82, 2.24) is 5.32 Å². The van der Waals surface area contributed by atoms with Crippen molar-refractivity contribution in [2.24, 2.45) is 0 Å². The topological polar surface area (TPSA) is 83.7 Å². The highest BCUT2D eigenvalue weighted by Crippen LogP contribution is 2.30. The van der Waals surface area contributed by atoms with Crippen LogP contribution in [0.5, 0.6) is 5.75 Å². The molecule has 0 aliphatic carbocycles. The van der Waals surface area contributed by atoms with Gasteiger partial charge in [-0.05, 0) is 67.2 Å². The van der Waals surface area contributed by atoms with Gasteiger partial charge in [-0.2, -0.15) is 0 Å². The van der Waals surface area contributed by atoms with E-state index in [0.717, 1.165) is 18.4 Å². The Labute approximate surface area is 191 Å². The van der Waals surface area contributed by atoms with E-state index in [4.69, 9.17) is 33.0 Å². The average Bonchev–Trinajstić information content (AvgIpc) is 3.25. The van der Waals surface area contributed by atoms with Crippen molar-refractivity contribution in [1.29, 1.82) is 0 Å². The Morgan fingerprint density at radius 3 is 2.77 bits per heavy atom. The van der Waals surface area contributed by atoms with Gasteiger partial charge in [-0.25, -0.2) is 0 Å². The number of amides is 1. The third-order valence-corrected chi connectivity index (χ3v) is 4.94. The minimum Gasteiger partial charge on any atom is -0.494 e. The summed E-state index contributed by atoms with van der Waals surface area (Å²) in [6, 6.07) is 15.6. The van der Waals surface area contributed by atoms with Gasteiger partial charge in [-0.3, -0.25) is 10.1 Å². The van der Waals surface area contributed by atoms with Crippen molar-refractivity contribution < 1.29 is 19.1 Å². The molecule has 0 unspecified atom stereocenters. The maximum absolute atomic E-state index is 12.6. The molecule has 0 saturated heterocycles. The number of aliphatic hydroxyl groups is 1. The lowest BCUT2D eigenvalue weighted by Crippen LogP contribution is -2.34. The normalized spacial score (nSPS) is 10.5. The molecule has 0 radical (unpaired) electrons. The number of ether oxygens (including phenoxy) is 1. The number of unbranched alkanes of at least 4 members (excludes halogenated alkanes) is 1. The number of carbonyl (C=O) groups is 1. The lowest BCUT2D eigenvalue weighted by molar-refractivity contribution is 0.0977. The fourth-order valence-electron chi connectivity index (χ4n) is 2.78. The van der Waals surface area contributed by atoms with Gasteiger partial charge >= 0.3 is 0 Å². The van der Waals surface area contributed by atoms with Crippen LogP contribution in [0.4, 0.5) is 5.69 Å². The summed E-state index contributed by atoms with van der Waals surface area (Å²) in [5.74, 6) is 1.32. The molecule has 0 saturated carbocycles. The van der Waals surface area contributed by atoms with E-state index in [1.54, 1.807) is 48.5 Å². The highest BCUT2D eigenvalue weighted by atomic mass is 35.5. The molecule has 1 amide bonds. The number of carbonyl (C=O) groups excluding carboxylic acids is 1. The van der Waals surface area contributed by atoms with Crippen LogP contribution < -0.4 is 15.4 Å². The molecule has 0 bridgehead atoms. The summed E-state index contributed by atoms with van der Waals surface area (Å²) >= 11 is 11.6. The van der Waals surface area contributed by atoms with E-state index >= 15 is 0 Å². The molecule has 0 aliphatic rings. The fraction of sp³-hybridized carbons (Fsp3) is 0.217. The summed E-state index contributed by atoms with van der Waals surface area (Å²) in [4.78, 5) is 12.6. The third kappa shape index (κ3) is 6.30. The first kappa shape index (κ1) is 22.8. The van der Waals surface area contributed by atoms with Crippen molar-refractivity contribution in [3.8, 4) is 17.1 Å². The lowest BCUT2D eigenvalue weighted by Gasteiger charge is -2.12. The molecule has 31 heavy (non-hydrogen) atoms. The summed E-state index contributed by atoms with van der Waals surface area (Å²) in [5.41, 5.74) is 1.70. The first-order valence-electron chi connectivity index (χ1n) is 9.85. The van der Waals surface area contributed by atoms with Crippen molar-refractivity contribution >= 4 is 40.5 Å². The van der Waals surface area contributed by atoms with Gasteiger partial charge in [0.05, 0.1) is 17.3 Å². The minimum absolute atomic E-state index is 0.108. The van der Waals surface area contributed by atoms with Gasteiger partial charge in [0.2, 0.25) is 0 Å². The lowest BCUT2D eigenvalue weighted by atomic mass is 10.1. The second-order valence-corrected chi connectivity index (χ2v) is 7.57. The Kier molecular flexibility index (Phi) is 8.06. The van der Waals surface area contributed by atoms with Crippen LogP contribution in [0.25, 0.3) is 11.3 Å². The molecule has 0 spiro atoms. The predicted molar refractivity (Wildman–Crippen MR) is 126 cm³/mol. The second-order valence-electron chi connectivity index (χ2n) is 6.76. The van der Waals surface area contributed by atoms with Crippen molar-refractivity contribution in [2.45, 2.75) is 26.4 Å². The van der Waals surface area contributed by atoms with E-state index in [0.29, 0.717) is 40.2 Å². The molecule has 1 heterocycles. The number of furan rings is 1. The molecule has 6 nitrogen and oxygen atoms in total. The van der Waals surface area contributed by atoms with E-state index in [1.165, 1.54) is 0 Å². The zero-order chi connectivity index (χ0) is 22.2. The Hall–Kier alpha value is -2.87. The molecular formula is C23H23ClN2O4S. The van der Waals surface area contributed by atoms with Gasteiger partial charge in [0.15, 0.2) is 5.11 Å². The second kappa shape index (κ2) is 10.9. The molecular weight excluding hydrogens is 436 g/mol. The molecule has 0 aliphatic heterocycles. The summed E-state index contributed by atoms with van der Waals surface area (Å²) in [7, 11) is 0. The summed E-state index contributed by atoms with van der Waals surface area (Å²) < 4.78 is 11.2. The van der Waals surface area contributed by atoms with Gasteiger partial charge in [0.1, 0.15) is 23.9 Å². The van der Waals surface area contributed by atoms with Gasteiger partial charge < -0.3 is 19.6 Å². The summed E-state index contributed by atoms with van der Waals surface area (Å²) in [5, 5.41) is 15.3. The van der Waals surface area contributed by atoms with Crippen LogP contribution in [0, 0.1) is 0 Å². The molecule has 162 valence electrons. The van der Waals surface area contributed by atoms with Gasteiger partial charge in [0, 0.05) is 11.1 Å². The first-order chi connectivity index (χ1) is 15.0. The molecule has 3 rings (SSSR count). The number of rotatable bonds is 8. The summed E-state index contributed by atoms with van der Waals surface area (Å²) in [6.07, 6.45) is 1.98. The number of halogens is 1. The molecule has 0 atom stereocenters. The first-order valence-corrected chi connectivity index (χ1v) is 10.6. The Morgan fingerprint density at radius 2 is 2.03 bits per heavy atom. The quantitative estimate of drug-likeness (QED) is 0.309. The number of hydrogen-bond donors (Lipinski definition) is 3. The minimum atomic E-state index is -0.357. The molecule has 2 aromatic carbocycles. The summed E-state index contributed by atoms with van der Waals surface area (Å²) in [6.45, 7) is 2.51. The van der Waals surface area contributed by atoms with Gasteiger partial charge in [-0.1, -0.05) is 31.0 Å². The Morgan fingerprint density at radius 1 is 1.19 bits per heavy atom. The van der Waals surface area contributed by atoms with E-state index in [9.17, 15) is 9.90 Å². The Bertz CT molecular complexity index is 1070. The zero-order valence-electron chi connectivity index (χ0n) is 17.0. The number of benzene rings is 2. The van der Waals surface area contributed by atoms with Crippen LogP contribution in [0.15, 0.2) is 59.0 Å². The standard InChI is InChI=1S/C23H23ClN2O4S/c1-2-3-11-29-17-6-4-5-16(12-17)22(28)26-23(31)25-20-13-15(7-9-19(20)24)21-10-8-18(14-27)30-21/h4-10,12-13,27H,2-3,11,14H2,1H3,(H2,25,26,28,31). The van der Waals surface area contributed by atoms with E-state index in [-0.39, 0.29) is 17.6 Å². The molecule has 8 heteroatoms. The van der Waals surface area contributed by atoms with Crippen molar-refractivity contribution in [3.63, 3.8) is 0 Å². The van der Waals surface area contributed by atoms with Crippen LogP contribution in [-0.4, -0.2) is 22.7 Å². The van der Waals surface area contributed by atoms with Gasteiger partial charge in [0.25, 0.3) is 5.91 Å². The fourth-order valence-corrected chi connectivity index (χ4v) is 3.15. The number of hydrogen-bond acceptors (Lipinski definition) is 5. The Balaban J connectivity index is 1.66. The maximum Gasteiger partial charge on any atom is 0.257 e. The van der Waals surface area contributed by atoms with Crippen molar-refractivity contribution in [3.05, 3.63) is 70.9 Å². The molecule has 3 aromatic rings. The molecule has 0 fully saturated rings. The smallest absolute Gasteiger partial charge is 0.257 e. The average molecular weight is 459 g/mol. The van der Waals surface area contributed by atoms with Crippen LogP contribution in [0.1, 0.15) is 35.9 Å². The third-order valence-electron chi connectivity index (χ3n) is 4.41. The van der Waals surface area contributed by atoms with Crippen LogP contribution in [-0.2, 0) is 6.61 Å². The van der Waals surface area contributed by atoms with Crippen LogP contribution in [0.2, 0.25) is 5.02 Å². The van der Waals surface area contributed by atoms with Crippen LogP contribution in [0.3, 0.4) is 0 Å². The SMILES string of the molecule is CCCCOc1cccc(C(=O)NC(=S)Nc2cc(-c3ccc(CO)o3)ccc2Cl)c1. The molecule has 3 N–H and O–H groups in total. The number of thiocarbonyl (C=S) groups is 1. The highest BCUT2D eigenvalue weighted by Gasteiger charge is 2.12. The zero-order valence-corrected chi connectivity index (χ0v) is 18.6. The van der Waals surface area contributed by atoms with Gasteiger partial charge in [-0.15, -0.1) is 0 Å². The number of aliphatic hydroxyl groups excluding tert-OH is 1. The van der Waals surface area contributed by atoms with Crippen molar-refractivity contribution in [2.75, 3.05) is 11.9 Å². The van der Waals surface area contributed by atoms with E-state index < -0.39 is 0 Å². The monoisotopic (exact) mass is 458 g/mol. The largest absolute Gasteiger partial charge is 0.494 e. The maximum atomic E-state index is 12.6. The van der Waals surface area contributed by atoms with Crippen LogP contribution >= 0.6 is 23.8 Å². The number of anilines is 1. The predicted octanol–water partition coefficient (Wildman–Crippen LogP) is 5.40. The van der Waals surface area contributed by atoms with E-state index in [2.05, 4.69) is 17.6 Å².